The molecule has 2 aliphatic heterocycles. The molecule has 2 amide bonds. The summed E-state index contributed by atoms with van der Waals surface area (Å²) in [6.45, 7) is 2.11. The average Bonchev–Trinajstić information content (AvgIpc) is 2.55. The first kappa shape index (κ1) is 14.7. The number of amides is 2. The molecule has 1 atom stereocenters. The van der Waals surface area contributed by atoms with E-state index in [4.69, 9.17) is 15.2 Å². The van der Waals surface area contributed by atoms with Gasteiger partial charge in [-0.1, -0.05) is 12.1 Å². The molecule has 1 aromatic carbocycles. The van der Waals surface area contributed by atoms with Crippen LogP contribution in [0.2, 0.25) is 0 Å². The van der Waals surface area contributed by atoms with Crippen molar-refractivity contribution in [3.05, 3.63) is 23.8 Å². The smallest absolute Gasteiger partial charge is 0.227 e. The van der Waals surface area contributed by atoms with Crippen LogP contribution in [0.4, 0.5) is 0 Å². The van der Waals surface area contributed by atoms with Crippen molar-refractivity contribution in [3.63, 3.8) is 0 Å². The first-order valence-electron chi connectivity index (χ1n) is 7.59. The number of rotatable bonds is 3. The summed E-state index contributed by atoms with van der Waals surface area (Å²) in [4.78, 5) is 25.5. The predicted octanol–water partition coefficient (Wildman–Crippen LogP) is 0.724. The van der Waals surface area contributed by atoms with E-state index in [1.165, 1.54) is 0 Å². The number of carbonyl (C=O) groups excluding carboxylic acids is 2. The van der Waals surface area contributed by atoms with Crippen molar-refractivity contribution < 1.29 is 19.1 Å². The Bertz CT molecular complexity index is 588. The molecule has 118 valence electrons. The van der Waals surface area contributed by atoms with Gasteiger partial charge in [0.1, 0.15) is 13.2 Å². The molecule has 0 aromatic heterocycles. The van der Waals surface area contributed by atoms with Crippen LogP contribution in [-0.2, 0) is 16.0 Å². The minimum Gasteiger partial charge on any atom is -0.486 e. The number of nitrogens with zero attached hydrogens (tertiary/aromatic N) is 1. The Hall–Kier alpha value is -2.24. The van der Waals surface area contributed by atoms with Crippen LogP contribution in [0, 0.1) is 5.92 Å². The van der Waals surface area contributed by atoms with E-state index in [1.807, 2.05) is 18.2 Å². The number of ether oxygens (including phenoxy) is 2. The largest absolute Gasteiger partial charge is 0.486 e. The van der Waals surface area contributed by atoms with Gasteiger partial charge < -0.3 is 20.1 Å². The molecule has 22 heavy (non-hydrogen) atoms. The van der Waals surface area contributed by atoms with E-state index in [1.54, 1.807) is 4.90 Å². The van der Waals surface area contributed by atoms with Gasteiger partial charge in [0.15, 0.2) is 11.5 Å². The SMILES string of the molecule is NC(=O)[C@H]1CCCN(C(=O)Cc2cccc3c2OCCO3)C1. The maximum absolute atomic E-state index is 12.5. The van der Waals surface area contributed by atoms with E-state index in [9.17, 15) is 9.59 Å². The monoisotopic (exact) mass is 304 g/mol. The number of carbonyl (C=O) groups is 2. The Morgan fingerprint density at radius 2 is 2.09 bits per heavy atom. The molecule has 6 heteroatoms. The molecular formula is C16H20N2O4. The summed E-state index contributed by atoms with van der Waals surface area (Å²) in [5.41, 5.74) is 6.18. The van der Waals surface area contributed by atoms with E-state index in [-0.39, 0.29) is 24.2 Å². The second-order valence-corrected chi connectivity index (χ2v) is 5.70. The van der Waals surface area contributed by atoms with E-state index in [0.29, 0.717) is 37.8 Å². The highest BCUT2D eigenvalue weighted by molar-refractivity contribution is 5.82. The lowest BCUT2D eigenvalue weighted by Gasteiger charge is -2.31. The maximum Gasteiger partial charge on any atom is 0.227 e. The summed E-state index contributed by atoms with van der Waals surface area (Å²) in [7, 11) is 0. The van der Waals surface area contributed by atoms with Crippen molar-refractivity contribution in [2.45, 2.75) is 19.3 Å². The molecule has 3 rings (SSSR count). The molecule has 0 saturated carbocycles. The number of nitrogens with two attached hydrogens (primary N) is 1. The molecular weight excluding hydrogens is 284 g/mol. The summed E-state index contributed by atoms with van der Waals surface area (Å²) in [5, 5.41) is 0. The lowest BCUT2D eigenvalue weighted by atomic mass is 9.97. The third-order valence-electron chi connectivity index (χ3n) is 4.17. The van der Waals surface area contributed by atoms with Gasteiger partial charge >= 0.3 is 0 Å². The van der Waals surface area contributed by atoms with Crippen LogP contribution in [0.5, 0.6) is 11.5 Å². The topological polar surface area (TPSA) is 81.9 Å². The molecule has 0 spiro atoms. The zero-order valence-corrected chi connectivity index (χ0v) is 12.4. The van der Waals surface area contributed by atoms with Crippen LogP contribution < -0.4 is 15.2 Å². The van der Waals surface area contributed by atoms with Gasteiger partial charge in [-0.25, -0.2) is 0 Å². The molecule has 1 aromatic rings. The lowest BCUT2D eigenvalue weighted by Crippen LogP contribution is -2.44. The Morgan fingerprint density at radius 1 is 1.27 bits per heavy atom. The molecule has 2 heterocycles. The summed E-state index contributed by atoms with van der Waals surface area (Å²) in [6.07, 6.45) is 1.82. The maximum atomic E-state index is 12.5. The highest BCUT2D eigenvalue weighted by Gasteiger charge is 2.28. The van der Waals surface area contributed by atoms with Crippen LogP contribution in [0.25, 0.3) is 0 Å². The van der Waals surface area contributed by atoms with Crippen LogP contribution >= 0.6 is 0 Å². The van der Waals surface area contributed by atoms with Crippen LogP contribution in [0.1, 0.15) is 18.4 Å². The highest BCUT2D eigenvalue weighted by atomic mass is 16.6. The molecule has 0 unspecified atom stereocenters. The number of hydrogen-bond acceptors (Lipinski definition) is 4. The number of hydrogen-bond donors (Lipinski definition) is 1. The van der Waals surface area contributed by atoms with Crippen molar-refractivity contribution in [1.82, 2.24) is 4.90 Å². The van der Waals surface area contributed by atoms with Crippen LogP contribution in [-0.4, -0.2) is 43.0 Å². The van der Waals surface area contributed by atoms with Crippen molar-refractivity contribution in [2.75, 3.05) is 26.3 Å². The molecule has 2 aliphatic rings. The Balaban J connectivity index is 1.70. The second kappa shape index (κ2) is 6.25. The van der Waals surface area contributed by atoms with Gasteiger partial charge in [-0.05, 0) is 18.9 Å². The van der Waals surface area contributed by atoms with Crippen LogP contribution in [0.3, 0.4) is 0 Å². The van der Waals surface area contributed by atoms with Gasteiger partial charge in [-0.3, -0.25) is 9.59 Å². The summed E-state index contributed by atoms with van der Waals surface area (Å²) < 4.78 is 11.2. The fourth-order valence-electron chi connectivity index (χ4n) is 2.98. The summed E-state index contributed by atoms with van der Waals surface area (Å²) in [5.74, 6) is 0.776. The second-order valence-electron chi connectivity index (χ2n) is 5.70. The summed E-state index contributed by atoms with van der Waals surface area (Å²) in [6, 6.07) is 5.58. The number of fused-ring (bicyclic) bond motifs is 1. The molecule has 2 N–H and O–H groups in total. The Labute approximate surface area is 129 Å². The average molecular weight is 304 g/mol. The fourth-order valence-corrected chi connectivity index (χ4v) is 2.98. The minimum atomic E-state index is -0.327. The number of benzene rings is 1. The standard InChI is InChI=1S/C16H20N2O4/c17-16(20)12-4-2-6-18(10-12)14(19)9-11-3-1-5-13-15(11)22-8-7-21-13/h1,3,5,12H,2,4,6-10H2,(H2,17,20)/t12-/m0/s1. The molecule has 0 radical (unpaired) electrons. The third-order valence-corrected chi connectivity index (χ3v) is 4.17. The van der Waals surface area contributed by atoms with Gasteiger partial charge in [0, 0.05) is 18.7 Å². The molecule has 0 aliphatic carbocycles. The van der Waals surface area contributed by atoms with Crippen molar-refractivity contribution in [2.24, 2.45) is 11.7 Å². The summed E-state index contributed by atoms with van der Waals surface area (Å²) >= 11 is 0. The lowest BCUT2D eigenvalue weighted by molar-refractivity contribution is -0.134. The van der Waals surface area contributed by atoms with E-state index >= 15 is 0 Å². The molecule has 0 bridgehead atoms. The number of likely N-dealkylation sites (tertiary alicyclic amines) is 1. The van der Waals surface area contributed by atoms with Crippen molar-refractivity contribution in [3.8, 4) is 11.5 Å². The number of para-hydroxylation sites is 1. The zero-order chi connectivity index (χ0) is 15.5. The van der Waals surface area contributed by atoms with Gasteiger partial charge in [-0.15, -0.1) is 0 Å². The fraction of sp³-hybridized carbons (Fsp3) is 0.500. The molecule has 1 saturated heterocycles. The normalized spacial score (nSPS) is 20.5. The first-order valence-corrected chi connectivity index (χ1v) is 7.59. The minimum absolute atomic E-state index is 0.00600. The van der Waals surface area contributed by atoms with E-state index in [0.717, 1.165) is 18.4 Å². The molecule has 6 nitrogen and oxygen atoms in total. The highest BCUT2D eigenvalue weighted by Crippen LogP contribution is 2.34. The quantitative estimate of drug-likeness (QED) is 0.892. The number of piperidine rings is 1. The van der Waals surface area contributed by atoms with E-state index in [2.05, 4.69) is 0 Å². The van der Waals surface area contributed by atoms with Crippen LogP contribution in [0.15, 0.2) is 18.2 Å². The van der Waals surface area contributed by atoms with E-state index < -0.39 is 0 Å². The van der Waals surface area contributed by atoms with Crippen molar-refractivity contribution in [1.29, 1.82) is 0 Å². The first-order chi connectivity index (χ1) is 10.6. The Kier molecular flexibility index (Phi) is 4.18. The zero-order valence-electron chi connectivity index (χ0n) is 12.4. The van der Waals surface area contributed by atoms with Gasteiger partial charge in [0.2, 0.25) is 11.8 Å². The van der Waals surface area contributed by atoms with Crippen molar-refractivity contribution >= 4 is 11.8 Å². The third kappa shape index (κ3) is 3.00. The van der Waals surface area contributed by atoms with Gasteiger partial charge in [0.05, 0.1) is 12.3 Å². The number of primary amides is 1. The Morgan fingerprint density at radius 3 is 2.91 bits per heavy atom. The molecule has 1 fully saturated rings. The van der Waals surface area contributed by atoms with Gasteiger partial charge in [0.25, 0.3) is 0 Å². The van der Waals surface area contributed by atoms with Gasteiger partial charge in [-0.2, -0.15) is 0 Å². The predicted molar refractivity (Wildman–Crippen MR) is 79.6 cm³/mol.